The monoisotopic (exact) mass is 470 g/mol. The quantitative estimate of drug-likeness (QED) is 0.491. The van der Waals surface area contributed by atoms with E-state index in [0.717, 1.165) is 48.2 Å². The number of aliphatic carboxylic acids is 1. The zero-order chi connectivity index (χ0) is 24.2. The molecule has 0 unspecified atom stereocenters. The highest BCUT2D eigenvalue weighted by molar-refractivity contribution is 5.81. The first-order chi connectivity index (χ1) is 17.1. The standard InChI is InChI=1S/C29H30N2O4/c32-28(33)27(18-20-14-16-31(17-15-20)21-8-2-1-3-9-21)30-29(34)35-19-26-24-12-6-4-10-22(24)23-11-5-7-13-25(23)26/h1-13,20,26-27H,14-19H2,(H,30,34)(H,32,33)/t27-/m1/s1. The van der Waals surface area contributed by atoms with Crippen molar-refractivity contribution in [3.8, 4) is 11.1 Å². The van der Waals surface area contributed by atoms with E-state index in [1.165, 1.54) is 5.69 Å². The van der Waals surface area contributed by atoms with Crippen LogP contribution in [-0.4, -0.2) is 42.9 Å². The number of rotatable bonds is 7. The highest BCUT2D eigenvalue weighted by Crippen LogP contribution is 2.44. The lowest BCUT2D eigenvalue weighted by Gasteiger charge is -2.34. The van der Waals surface area contributed by atoms with Gasteiger partial charge in [0.1, 0.15) is 12.6 Å². The molecule has 3 aromatic carbocycles. The molecule has 180 valence electrons. The number of carbonyl (C=O) groups excluding carboxylic acids is 1. The summed E-state index contributed by atoms with van der Waals surface area (Å²) in [6.07, 6.45) is 1.51. The minimum Gasteiger partial charge on any atom is -0.480 e. The molecule has 1 heterocycles. The molecule has 1 aliphatic heterocycles. The van der Waals surface area contributed by atoms with Crippen LogP contribution in [0.4, 0.5) is 10.5 Å². The average molecular weight is 471 g/mol. The number of carbonyl (C=O) groups is 2. The Morgan fingerprint density at radius 1 is 0.886 bits per heavy atom. The van der Waals surface area contributed by atoms with Crippen molar-refractivity contribution in [3.63, 3.8) is 0 Å². The summed E-state index contributed by atoms with van der Waals surface area (Å²) >= 11 is 0. The Kier molecular flexibility index (Phi) is 6.70. The maximum atomic E-state index is 12.6. The van der Waals surface area contributed by atoms with Crippen molar-refractivity contribution in [1.82, 2.24) is 5.32 Å². The largest absolute Gasteiger partial charge is 0.480 e. The van der Waals surface area contributed by atoms with Crippen LogP contribution in [0.5, 0.6) is 0 Å². The third kappa shape index (κ3) is 5.02. The van der Waals surface area contributed by atoms with Gasteiger partial charge in [0.2, 0.25) is 0 Å². The van der Waals surface area contributed by atoms with Crippen molar-refractivity contribution < 1.29 is 19.4 Å². The molecule has 0 radical (unpaired) electrons. The smallest absolute Gasteiger partial charge is 0.407 e. The number of piperidine rings is 1. The van der Waals surface area contributed by atoms with E-state index in [-0.39, 0.29) is 18.4 Å². The summed E-state index contributed by atoms with van der Waals surface area (Å²) in [6.45, 7) is 1.93. The van der Waals surface area contributed by atoms with E-state index in [0.29, 0.717) is 6.42 Å². The van der Waals surface area contributed by atoms with Gasteiger partial charge in [-0.1, -0.05) is 66.7 Å². The number of hydrogen-bond acceptors (Lipinski definition) is 4. The number of nitrogens with one attached hydrogen (secondary N) is 1. The second kappa shape index (κ2) is 10.2. The highest BCUT2D eigenvalue weighted by atomic mass is 16.5. The number of fused-ring (bicyclic) bond motifs is 3. The third-order valence-electron chi connectivity index (χ3n) is 7.24. The molecule has 1 saturated heterocycles. The Balaban J connectivity index is 1.16. The summed E-state index contributed by atoms with van der Waals surface area (Å²) < 4.78 is 5.56. The van der Waals surface area contributed by atoms with E-state index in [2.05, 4.69) is 46.6 Å². The van der Waals surface area contributed by atoms with Crippen LogP contribution in [0, 0.1) is 5.92 Å². The van der Waals surface area contributed by atoms with Crippen LogP contribution in [0.1, 0.15) is 36.3 Å². The van der Waals surface area contributed by atoms with Crippen LogP contribution in [0.15, 0.2) is 78.9 Å². The van der Waals surface area contributed by atoms with Crippen molar-refractivity contribution in [2.24, 2.45) is 5.92 Å². The molecule has 6 nitrogen and oxygen atoms in total. The molecule has 1 aliphatic carbocycles. The SMILES string of the molecule is O=C(N[C@H](CC1CCN(c2ccccc2)CC1)C(=O)O)OCC1c2ccccc2-c2ccccc21. The second-order valence-electron chi connectivity index (χ2n) is 9.36. The molecule has 1 fully saturated rings. The molecule has 2 aliphatic rings. The first kappa shape index (κ1) is 23.0. The summed E-state index contributed by atoms with van der Waals surface area (Å²) in [5.41, 5.74) is 5.75. The highest BCUT2D eigenvalue weighted by Gasteiger charge is 2.31. The maximum Gasteiger partial charge on any atom is 0.407 e. The lowest BCUT2D eigenvalue weighted by Crippen LogP contribution is -2.44. The Morgan fingerprint density at radius 2 is 1.46 bits per heavy atom. The third-order valence-corrected chi connectivity index (χ3v) is 7.24. The predicted molar refractivity (Wildman–Crippen MR) is 136 cm³/mol. The minimum absolute atomic E-state index is 0.0567. The number of alkyl carbamates (subject to hydrolysis) is 1. The molecule has 5 rings (SSSR count). The summed E-state index contributed by atoms with van der Waals surface area (Å²) in [4.78, 5) is 26.8. The number of para-hydroxylation sites is 1. The number of carboxylic acids is 1. The van der Waals surface area contributed by atoms with Gasteiger partial charge in [-0.15, -0.1) is 0 Å². The molecule has 0 spiro atoms. The molecular weight excluding hydrogens is 440 g/mol. The van der Waals surface area contributed by atoms with Crippen molar-refractivity contribution in [2.45, 2.75) is 31.2 Å². The fourth-order valence-corrected chi connectivity index (χ4v) is 5.40. The zero-order valence-corrected chi connectivity index (χ0v) is 19.6. The Morgan fingerprint density at radius 3 is 2.06 bits per heavy atom. The van der Waals surface area contributed by atoms with Gasteiger partial charge in [0, 0.05) is 24.7 Å². The summed E-state index contributed by atoms with van der Waals surface area (Å²) in [5, 5.41) is 12.3. The number of carboxylic acid groups (broad SMARTS) is 1. The first-order valence-electron chi connectivity index (χ1n) is 12.2. The number of anilines is 1. The van der Waals surface area contributed by atoms with Crippen LogP contribution in [-0.2, 0) is 9.53 Å². The fourth-order valence-electron chi connectivity index (χ4n) is 5.40. The molecule has 0 saturated carbocycles. The van der Waals surface area contributed by atoms with Crippen LogP contribution in [0.25, 0.3) is 11.1 Å². The van der Waals surface area contributed by atoms with E-state index in [9.17, 15) is 14.7 Å². The van der Waals surface area contributed by atoms with Crippen molar-refractivity contribution in [3.05, 3.63) is 90.0 Å². The van der Waals surface area contributed by atoms with E-state index >= 15 is 0 Å². The van der Waals surface area contributed by atoms with Gasteiger partial charge in [-0.05, 0) is 59.6 Å². The summed E-state index contributed by atoms with van der Waals surface area (Å²) in [5.74, 6) is -0.840. The van der Waals surface area contributed by atoms with E-state index < -0.39 is 18.1 Å². The van der Waals surface area contributed by atoms with Crippen LogP contribution in [0.3, 0.4) is 0 Å². The molecule has 1 atom stereocenters. The number of hydrogen-bond donors (Lipinski definition) is 2. The van der Waals surface area contributed by atoms with E-state index in [1.807, 2.05) is 42.5 Å². The van der Waals surface area contributed by atoms with Gasteiger partial charge in [-0.3, -0.25) is 0 Å². The summed E-state index contributed by atoms with van der Waals surface area (Å²) in [7, 11) is 0. The molecule has 6 heteroatoms. The van der Waals surface area contributed by atoms with Crippen molar-refractivity contribution in [2.75, 3.05) is 24.6 Å². The Bertz CT molecular complexity index is 1140. The Labute approximate surface area is 205 Å². The normalized spacial score (nSPS) is 16.3. The van der Waals surface area contributed by atoms with Crippen LogP contribution >= 0.6 is 0 Å². The molecule has 3 aromatic rings. The van der Waals surface area contributed by atoms with Crippen LogP contribution < -0.4 is 10.2 Å². The van der Waals surface area contributed by atoms with Crippen LogP contribution in [0.2, 0.25) is 0 Å². The van der Waals surface area contributed by atoms with Gasteiger partial charge in [-0.2, -0.15) is 0 Å². The fraction of sp³-hybridized carbons (Fsp3) is 0.310. The average Bonchev–Trinajstić information content (AvgIpc) is 3.21. The molecule has 1 amide bonds. The molecule has 35 heavy (non-hydrogen) atoms. The van der Waals surface area contributed by atoms with Gasteiger partial charge in [0.25, 0.3) is 0 Å². The van der Waals surface area contributed by atoms with Gasteiger partial charge < -0.3 is 20.1 Å². The molecular formula is C29H30N2O4. The topological polar surface area (TPSA) is 78.9 Å². The number of amides is 1. The second-order valence-corrected chi connectivity index (χ2v) is 9.36. The molecule has 0 bridgehead atoms. The van der Waals surface area contributed by atoms with E-state index in [1.54, 1.807) is 0 Å². The van der Waals surface area contributed by atoms with Gasteiger partial charge in [0.05, 0.1) is 0 Å². The molecule has 0 aromatic heterocycles. The lowest BCUT2D eigenvalue weighted by atomic mass is 9.90. The zero-order valence-electron chi connectivity index (χ0n) is 19.6. The Hall–Kier alpha value is -3.80. The van der Waals surface area contributed by atoms with E-state index in [4.69, 9.17) is 4.74 Å². The summed E-state index contributed by atoms with van der Waals surface area (Å²) in [6, 6.07) is 25.6. The predicted octanol–water partition coefficient (Wildman–Crippen LogP) is 5.29. The lowest BCUT2D eigenvalue weighted by molar-refractivity contribution is -0.139. The molecule has 2 N–H and O–H groups in total. The van der Waals surface area contributed by atoms with Gasteiger partial charge in [0.15, 0.2) is 0 Å². The van der Waals surface area contributed by atoms with Crippen molar-refractivity contribution in [1.29, 1.82) is 0 Å². The van der Waals surface area contributed by atoms with Crippen molar-refractivity contribution >= 4 is 17.7 Å². The minimum atomic E-state index is -1.02. The number of benzene rings is 3. The number of ether oxygens (including phenoxy) is 1. The number of nitrogens with zero attached hydrogens (tertiary/aromatic N) is 1. The van der Waals surface area contributed by atoms with Gasteiger partial charge >= 0.3 is 12.1 Å². The van der Waals surface area contributed by atoms with Gasteiger partial charge in [-0.25, -0.2) is 9.59 Å². The maximum absolute atomic E-state index is 12.6. The first-order valence-corrected chi connectivity index (χ1v) is 12.2.